The average Bonchev–Trinajstić information content (AvgIpc) is 2.37. The van der Waals surface area contributed by atoms with E-state index in [0.717, 1.165) is 31.9 Å². The lowest BCUT2D eigenvalue weighted by Gasteiger charge is -2.31. The molecule has 0 saturated carbocycles. The number of nitrogens with one attached hydrogen (secondary N) is 1. The van der Waals surface area contributed by atoms with E-state index in [1.807, 2.05) is 30.3 Å². The van der Waals surface area contributed by atoms with Crippen LogP contribution in [-0.4, -0.2) is 19.7 Å². The number of rotatable bonds is 8. The molecule has 1 aromatic carbocycles. The normalized spacial score (nSPS) is 13.3. The van der Waals surface area contributed by atoms with E-state index >= 15 is 0 Å². The highest BCUT2D eigenvalue weighted by atomic mass is 16.5. The van der Waals surface area contributed by atoms with Crippen molar-refractivity contribution in [1.29, 1.82) is 0 Å². The zero-order valence-corrected chi connectivity index (χ0v) is 12.9. The predicted octanol–water partition coefficient (Wildman–Crippen LogP) is 4.12. The lowest BCUT2D eigenvalue weighted by atomic mass is 9.78. The molecule has 0 aliphatic rings. The standard InChI is InChI=1S/C17H29NO/c1-5-18-14-15(17(2,3)4)10-9-13-19-16-11-7-6-8-12-16/h6-8,11-12,15,18H,5,9-10,13-14H2,1-4H3. The zero-order chi connectivity index (χ0) is 14.1. The molecule has 1 atom stereocenters. The van der Waals surface area contributed by atoms with Crippen molar-refractivity contribution in [3.8, 4) is 5.75 Å². The molecule has 2 heteroatoms. The molecule has 2 nitrogen and oxygen atoms in total. The topological polar surface area (TPSA) is 21.3 Å². The van der Waals surface area contributed by atoms with Crippen LogP contribution < -0.4 is 10.1 Å². The van der Waals surface area contributed by atoms with Gasteiger partial charge in [0.15, 0.2) is 0 Å². The Balaban J connectivity index is 2.28. The molecule has 0 saturated heterocycles. The van der Waals surface area contributed by atoms with Crippen molar-refractivity contribution in [1.82, 2.24) is 5.32 Å². The van der Waals surface area contributed by atoms with Crippen LogP contribution in [0.3, 0.4) is 0 Å². The fourth-order valence-electron chi connectivity index (χ4n) is 2.20. The van der Waals surface area contributed by atoms with Crippen LogP contribution >= 0.6 is 0 Å². The summed E-state index contributed by atoms with van der Waals surface area (Å²) in [6.07, 6.45) is 2.32. The Morgan fingerprint density at radius 2 is 1.84 bits per heavy atom. The number of ether oxygens (including phenoxy) is 1. The van der Waals surface area contributed by atoms with Gasteiger partial charge in [0.1, 0.15) is 5.75 Å². The van der Waals surface area contributed by atoms with Crippen LogP contribution in [0, 0.1) is 11.3 Å². The van der Waals surface area contributed by atoms with E-state index in [2.05, 4.69) is 33.0 Å². The number of para-hydroxylation sites is 1. The molecule has 0 amide bonds. The molecule has 0 bridgehead atoms. The Bertz CT molecular complexity index is 329. The lowest BCUT2D eigenvalue weighted by Crippen LogP contribution is -2.32. The molecule has 0 fully saturated rings. The van der Waals surface area contributed by atoms with Crippen molar-refractivity contribution in [2.75, 3.05) is 19.7 Å². The van der Waals surface area contributed by atoms with Gasteiger partial charge in [0.05, 0.1) is 6.61 Å². The predicted molar refractivity (Wildman–Crippen MR) is 82.7 cm³/mol. The molecular formula is C17H29NO. The summed E-state index contributed by atoms with van der Waals surface area (Å²) in [5.41, 5.74) is 0.356. The first-order valence-corrected chi connectivity index (χ1v) is 7.42. The smallest absolute Gasteiger partial charge is 0.119 e. The van der Waals surface area contributed by atoms with Gasteiger partial charge in [0.25, 0.3) is 0 Å². The van der Waals surface area contributed by atoms with Crippen molar-refractivity contribution < 1.29 is 4.74 Å². The largest absolute Gasteiger partial charge is 0.494 e. The number of hydrogen-bond acceptors (Lipinski definition) is 2. The highest BCUT2D eigenvalue weighted by molar-refractivity contribution is 5.20. The van der Waals surface area contributed by atoms with E-state index in [9.17, 15) is 0 Å². The SMILES string of the molecule is CCNCC(CCCOc1ccccc1)C(C)(C)C. The van der Waals surface area contributed by atoms with E-state index in [1.165, 1.54) is 6.42 Å². The first-order chi connectivity index (χ1) is 9.04. The van der Waals surface area contributed by atoms with Gasteiger partial charge in [-0.2, -0.15) is 0 Å². The van der Waals surface area contributed by atoms with Gasteiger partial charge in [-0.25, -0.2) is 0 Å². The molecule has 0 aliphatic heterocycles. The van der Waals surface area contributed by atoms with Gasteiger partial charge in [0, 0.05) is 0 Å². The molecular weight excluding hydrogens is 234 g/mol. The van der Waals surface area contributed by atoms with Gasteiger partial charge >= 0.3 is 0 Å². The molecule has 0 radical (unpaired) electrons. The molecule has 0 aliphatic carbocycles. The Morgan fingerprint density at radius 3 is 2.42 bits per heavy atom. The summed E-state index contributed by atoms with van der Waals surface area (Å²) < 4.78 is 5.75. The summed E-state index contributed by atoms with van der Waals surface area (Å²) >= 11 is 0. The van der Waals surface area contributed by atoms with Crippen LogP contribution in [0.25, 0.3) is 0 Å². The molecule has 1 unspecified atom stereocenters. The zero-order valence-electron chi connectivity index (χ0n) is 12.9. The van der Waals surface area contributed by atoms with Gasteiger partial charge in [-0.15, -0.1) is 0 Å². The van der Waals surface area contributed by atoms with Gasteiger partial charge in [-0.05, 0) is 49.4 Å². The lowest BCUT2D eigenvalue weighted by molar-refractivity contribution is 0.199. The highest BCUT2D eigenvalue weighted by Gasteiger charge is 2.23. The quantitative estimate of drug-likeness (QED) is 0.712. The monoisotopic (exact) mass is 263 g/mol. The van der Waals surface area contributed by atoms with Crippen molar-refractivity contribution in [2.45, 2.75) is 40.5 Å². The fourth-order valence-corrected chi connectivity index (χ4v) is 2.20. The van der Waals surface area contributed by atoms with Gasteiger partial charge < -0.3 is 10.1 Å². The molecule has 0 aromatic heterocycles. The Hall–Kier alpha value is -1.02. The Kier molecular flexibility index (Phi) is 6.93. The summed E-state index contributed by atoms with van der Waals surface area (Å²) in [4.78, 5) is 0. The molecule has 1 N–H and O–H groups in total. The van der Waals surface area contributed by atoms with Crippen molar-refractivity contribution >= 4 is 0 Å². The molecule has 19 heavy (non-hydrogen) atoms. The summed E-state index contributed by atoms with van der Waals surface area (Å²) in [7, 11) is 0. The molecule has 0 spiro atoms. The van der Waals surface area contributed by atoms with Crippen molar-refractivity contribution in [3.63, 3.8) is 0 Å². The maximum atomic E-state index is 5.75. The third kappa shape index (κ3) is 6.63. The van der Waals surface area contributed by atoms with Crippen LogP contribution in [0.5, 0.6) is 5.75 Å². The molecule has 1 rings (SSSR count). The maximum absolute atomic E-state index is 5.75. The van der Waals surface area contributed by atoms with Gasteiger partial charge in [-0.1, -0.05) is 45.9 Å². The van der Waals surface area contributed by atoms with E-state index in [-0.39, 0.29) is 0 Å². The maximum Gasteiger partial charge on any atom is 0.119 e. The molecule has 0 heterocycles. The van der Waals surface area contributed by atoms with Gasteiger partial charge in [-0.3, -0.25) is 0 Å². The van der Waals surface area contributed by atoms with E-state index < -0.39 is 0 Å². The third-order valence-electron chi connectivity index (χ3n) is 3.57. The number of benzene rings is 1. The van der Waals surface area contributed by atoms with Crippen LogP contribution in [0.2, 0.25) is 0 Å². The minimum absolute atomic E-state index is 0.356. The minimum Gasteiger partial charge on any atom is -0.494 e. The van der Waals surface area contributed by atoms with E-state index in [1.54, 1.807) is 0 Å². The summed E-state index contributed by atoms with van der Waals surface area (Å²) in [5.74, 6) is 1.67. The van der Waals surface area contributed by atoms with Crippen LogP contribution in [0.4, 0.5) is 0 Å². The molecule has 108 valence electrons. The summed E-state index contributed by atoms with van der Waals surface area (Å²) in [6.45, 7) is 12.1. The van der Waals surface area contributed by atoms with Crippen LogP contribution in [0.15, 0.2) is 30.3 Å². The third-order valence-corrected chi connectivity index (χ3v) is 3.57. The summed E-state index contributed by atoms with van der Waals surface area (Å²) in [6, 6.07) is 10.1. The Labute approximate surface area is 118 Å². The van der Waals surface area contributed by atoms with Crippen molar-refractivity contribution in [2.24, 2.45) is 11.3 Å². The second-order valence-electron chi connectivity index (χ2n) is 6.17. The first kappa shape index (κ1) is 16.0. The van der Waals surface area contributed by atoms with E-state index in [4.69, 9.17) is 4.74 Å². The second kappa shape index (κ2) is 8.21. The second-order valence-corrected chi connectivity index (χ2v) is 6.17. The fraction of sp³-hybridized carbons (Fsp3) is 0.647. The van der Waals surface area contributed by atoms with E-state index in [0.29, 0.717) is 11.3 Å². The molecule has 1 aromatic rings. The Morgan fingerprint density at radius 1 is 1.16 bits per heavy atom. The van der Waals surface area contributed by atoms with Gasteiger partial charge in [0.2, 0.25) is 0 Å². The van der Waals surface area contributed by atoms with Crippen molar-refractivity contribution in [3.05, 3.63) is 30.3 Å². The first-order valence-electron chi connectivity index (χ1n) is 7.42. The number of hydrogen-bond donors (Lipinski definition) is 1. The van der Waals surface area contributed by atoms with Crippen LogP contribution in [-0.2, 0) is 0 Å². The average molecular weight is 263 g/mol. The highest BCUT2D eigenvalue weighted by Crippen LogP contribution is 2.29. The van der Waals surface area contributed by atoms with Crippen LogP contribution in [0.1, 0.15) is 40.5 Å². The minimum atomic E-state index is 0.356. The summed E-state index contributed by atoms with van der Waals surface area (Å²) in [5, 5.41) is 3.47.